The molecule has 4 N–H and O–H groups in total. The predicted octanol–water partition coefficient (Wildman–Crippen LogP) is 0.551. The number of aliphatic hydroxyl groups excluding tert-OH is 1. The van der Waals surface area contributed by atoms with Crippen LogP contribution in [0.4, 0.5) is 16.3 Å². The van der Waals surface area contributed by atoms with E-state index in [9.17, 15) is 20.0 Å². The normalized spacial score (nSPS) is 22.0. The fourth-order valence-electron chi connectivity index (χ4n) is 2.28. The Kier molecular flexibility index (Phi) is 5.47. The Morgan fingerprint density at radius 2 is 2.19 bits per heavy atom. The molecular formula is C11H19N5O5. The molecule has 0 spiro atoms. The van der Waals surface area contributed by atoms with Crippen molar-refractivity contribution in [1.82, 2.24) is 15.5 Å². The minimum absolute atomic E-state index is 0. The molecule has 1 aromatic rings. The highest BCUT2D eigenvalue weighted by Gasteiger charge is 2.29. The number of carbonyl (C=O) groups is 1. The zero-order valence-electron chi connectivity index (χ0n) is 10.5. The number of hydrogen-bond donors (Lipinski definition) is 4. The minimum atomic E-state index is -1.20. The highest BCUT2D eigenvalue weighted by Crippen LogP contribution is 2.27. The van der Waals surface area contributed by atoms with Crippen LogP contribution in [0.2, 0.25) is 0 Å². The zero-order valence-corrected chi connectivity index (χ0v) is 10.5. The summed E-state index contributed by atoms with van der Waals surface area (Å²) in [5, 5.41) is 37.9. The molecule has 10 heteroatoms. The van der Waals surface area contributed by atoms with Crippen molar-refractivity contribution in [3.05, 3.63) is 16.3 Å². The topological polar surface area (TPSA) is 145 Å². The fourth-order valence-corrected chi connectivity index (χ4v) is 2.28. The second-order valence-electron chi connectivity index (χ2n) is 4.55. The molecule has 1 aromatic heterocycles. The largest absolute Gasteiger partial charge is 0.465 e. The van der Waals surface area contributed by atoms with Crippen molar-refractivity contribution >= 4 is 17.6 Å². The van der Waals surface area contributed by atoms with Gasteiger partial charge in [-0.3, -0.25) is 15.2 Å². The molecule has 0 bridgehead atoms. The number of nitrogens with one attached hydrogen (secondary N) is 2. The van der Waals surface area contributed by atoms with Crippen LogP contribution in [0.5, 0.6) is 0 Å². The lowest BCUT2D eigenvalue weighted by atomic mass is 10.1. The molecule has 2 unspecified atom stereocenters. The highest BCUT2D eigenvalue weighted by molar-refractivity contribution is 5.65. The number of hydrogen-bond acceptors (Lipinski definition) is 6. The Hall–Kier alpha value is -2.36. The molecule has 1 amide bonds. The van der Waals surface area contributed by atoms with Gasteiger partial charge in [0.1, 0.15) is 6.20 Å². The summed E-state index contributed by atoms with van der Waals surface area (Å²) in [5.41, 5.74) is -0.135. The van der Waals surface area contributed by atoms with Gasteiger partial charge in [-0.25, -0.2) is 4.79 Å². The average molecular weight is 301 g/mol. The van der Waals surface area contributed by atoms with Gasteiger partial charge in [0.05, 0.1) is 17.1 Å². The third-order valence-corrected chi connectivity index (χ3v) is 3.29. The number of aliphatic hydroxyl groups is 1. The lowest BCUT2D eigenvalue weighted by Gasteiger charge is -2.19. The van der Waals surface area contributed by atoms with Gasteiger partial charge in [-0.2, -0.15) is 5.10 Å². The number of nitro groups is 1. The molecule has 2 rings (SSSR count). The van der Waals surface area contributed by atoms with E-state index in [0.717, 1.165) is 6.20 Å². The van der Waals surface area contributed by atoms with Gasteiger partial charge < -0.3 is 20.4 Å². The molecular weight excluding hydrogens is 282 g/mol. The van der Waals surface area contributed by atoms with E-state index in [1.54, 1.807) is 4.90 Å². The summed E-state index contributed by atoms with van der Waals surface area (Å²) < 4.78 is 0. The maximum absolute atomic E-state index is 10.9. The molecule has 1 fully saturated rings. The first-order chi connectivity index (χ1) is 9.49. The second-order valence-corrected chi connectivity index (χ2v) is 4.55. The van der Waals surface area contributed by atoms with Crippen molar-refractivity contribution in [1.29, 1.82) is 0 Å². The van der Waals surface area contributed by atoms with E-state index in [1.165, 1.54) is 0 Å². The maximum Gasteiger partial charge on any atom is 0.404 e. The number of anilines is 1. The summed E-state index contributed by atoms with van der Waals surface area (Å²) >= 11 is 0. The first-order valence-corrected chi connectivity index (χ1v) is 6.09. The van der Waals surface area contributed by atoms with Gasteiger partial charge in [-0.1, -0.05) is 7.43 Å². The highest BCUT2D eigenvalue weighted by atomic mass is 16.6. The summed E-state index contributed by atoms with van der Waals surface area (Å²) in [6.45, 7) is 0.757. The molecule has 1 saturated heterocycles. The lowest BCUT2D eigenvalue weighted by Crippen LogP contribution is -2.42. The van der Waals surface area contributed by atoms with E-state index >= 15 is 0 Å². The molecule has 2 atom stereocenters. The molecule has 118 valence electrons. The quantitative estimate of drug-likeness (QED) is 0.471. The van der Waals surface area contributed by atoms with Gasteiger partial charge in [0, 0.05) is 13.1 Å². The van der Waals surface area contributed by atoms with Crippen molar-refractivity contribution in [2.45, 2.75) is 32.4 Å². The smallest absolute Gasteiger partial charge is 0.404 e. The van der Waals surface area contributed by atoms with Crippen molar-refractivity contribution in [3.8, 4) is 0 Å². The van der Waals surface area contributed by atoms with Crippen molar-refractivity contribution in [3.63, 3.8) is 0 Å². The second kappa shape index (κ2) is 6.88. The van der Waals surface area contributed by atoms with E-state index in [1.807, 2.05) is 0 Å². The van der Waals surface area contributed by atoms with Crippen molar-refractivity contribution in [2.75, 3.05) is 18.0 Å². The zero-order chi connectivity index (χ0) is 14.7. The Labute approximate surface area is 120 Å². The molecule has 0 saturated carbocycles. The van der Waals surface area contributed by atoms with Gasteiger partial charge in [0.25, 0.3) is 0 Å². The molecule has 0 radical (unpaired) electrons. The summed E-state index contributed by atoms with van der Waals surface area (Å²) in [7, 11) is 0. The van der Waals surface area contributed by atoms with Crippen LogP contribution < -0.4 is 10.2 Å². The van der Waals surface area contributed by atoms with E-state index in [0.29, 0.717) is 25.9 Å². The Morgan fingerprint density at radius 3 is 2.81 bits per heavy atom. The van der Waals surface area contributed by atoms with Crippen LogP contribution in [0.3, 0.4) is 0 Å². The number of nitrogens with zero attached hydrogens (tertiary/aromatic N) is 3. The van der Waals surface area contributed by atoms with Gasteiger partial charge >= 0.3 is 11.8 Å². The number of rotatable bonds is 3. The molecule has 0 aromatic carbocycles. The number of H-pyrrole nitrogens is 1. The monoisotopic (exact) mass is 301 g/mol. The van der Waals surface area contributed by atoms with E-state index in [-0.39, 0.29) is 18.9 Å². The Balaban J connectivity index is 0.00000220. The number of aromatic nitrogens is 2. The van der Waals surface area contributed by atoms with Crippen LogP contribution in [0, 0.1) is 10.1 Å². The van der Waals surface area contributed by atoms with Gasteiger partial charge in [0.15, 0.2) is 0 Å². The van der Waals surface area contributed by atoms with Crippen molar-refractivity contribution in [2.24, 2.45) is 0 Å². The number of carboxylic acid groups (broad SMARTS) is 1. The summed E-state index contributed by atoms with van der Waals surface area (Å²) in [4.78, 5) is 22.7. The van der Waals surface area contributed by atoms with Gasteiger partial charge in [-0.15, -0.1) is 0 Å². The van der Waals surface area contributed by atoms with E-state index in [4.69, 9.17) is 5.11 Å². The maximum atomic E-state index is 10.9. The minimum Gasteiger partial charge on any atom is -0.465 e. The lowest BCUT2D eigenvalue weighted by molar-refractivity contribution is -0.384. The van der Waals surface area contributed by atoms with Crippen molar-refractivity contribution < 1.29 is 19.9 Å². The van der Waals surface area contributed by atoms with Crippen LogP contribution in [-0.2, 0) is 0 Å². The molecule has 2 heterocycles. The van der Waals surface area contributed by atoms with E-state index < -0.39 is 23.2 Å². The van der Waals surface area contributed by atoms with Crippen LogP contribution >= 0.6 is 0 Å². The Morgan fingerprint density at radius 1 is 1.52 bits per heavy atom. The van der Waals surface area contributed by atoms with E-state index in [2.05, 4.69) is 15.5 Å². The third-order valence-electron chi connectivity index (χ3n) is 3.29. The van der Waals surface area contributed by atoms with Crippen LogP contribution in [0.25, 0.3) is 0 Å². The fraction of sp³-hybridized carbons (Fsp3) is 0.636. The SMILES string of the molecule is C.O=C(O)NC1CCN(c2[nH]ncc2[N+](=O)[O-])CCC1O. The summed E-state index contributed by atoms with van der Waals surface area (Å²) in [6, 6.07) is -0.584. The standard InChI is InChI=1S/C10H15N5O5.CH4/c16-8-2-4-14(3-1-6(8)12-10(17)18)9-7(15(19)20)5-11-13-9;/h5-6,8,12,16H,1-4H2,(H,11,13)(H,17,18);1H4. The first-order valence-electron chi connectivity index (χ1n) is 6.09. The molecule has 1 aliphatic heterocycles. The van der Waals surface area contributed by atoms with Gasteiger partial charge in [-0.05, 0) is 12.8 Å². The van der Waals surface area contributed by atoms with Crippen LogP contribution in [0.15, 0.2) is 6.20 Å². The molecule has 1 aliphatic rings. The first kappa shape index (κ1) is 16.7. The molecule has 21 heavy (non-hydrogen) atoms. The number of aromatic amines is 1. The summed E-state index contributed by atoms with van der Waals surface area (Å²) in [5.74, 6) is 0.276. The average Bonchev–Trinajstić information content (AvgIpc) is 2.79. The molecule has 0 aliphatic carbocycles. The van der Waals surface area contributed by atoms with Crippen LogP contribution in [-0.4, -0.2) is 56.7 Å². The third kappa shape index (κ3) is 3.81. The summed E-state index contributed by atoms with van der Waals surface area (Å²) in [6.07, 6.45) is -0.234. The molecule has 10 nitrogen and oxygen atoms in total. The number of amides is 1. The van der Waals surface area contributed by atoms with Gasteiger partial charge in [0.2, 0.25) is 5.82 Å². The van der Waals surface area contributed by atoms with Crippen LogP contribution in [0.1, 0.15) is 20.3 Å². The predicted molar refractivity (Wildman–Crippen MR) is 74.4 cm³/mol. The Bertz CT molecular complexity index is 505.